The molecule has 92 valence electrons. The Labute approximate surface area is 98.9 Å². The fourth-order valence-corrected chi connectivity index (χ4v) is 1.77. The second kappa shape index (κ2) is 4.35. The van der Waals surface area contributed by atoms with Crippen LogP contribution in [0.15, 0.2) is 18.2 Å². The van der Waals surface area contributed by atoms with Gasteiger partial charge in [0.05, 0.1) is 20.3 Å². The highest BCUT2D eigenvalue weighted by Crippen LogP contribution is 2.33. The van der Waals surface area contributed by atoms with Crippen molar-refractivity contribution in [3.8, 4) is 5.75 Å². The van der Waals surface area contributed by atoms with E-state index in [1.54, 1.807) is 13.0 Å². The molecule has 17 heavy (non-hydrogen) atoms. The number of phenols is 1. The van der Waals surface area contributed by atoms with Gasteiger partial charge in [0, 0.05) is 5.56 Å². The normalized spacial score (nSPS) is 18.0. The van der Waals surface area contributed by atoms with Crippen LogP contribution in [0.25, 0.3) is 0 Å². The molecular formula is C12H14O5. The minimum Gasteiger partial charge on any atom is -0.507 e. The third-order valence-electron chi connectivity index (χ3n) is 2.76. The molecule has 0 aliphatic carbocycles. The molecule has 0 bridgehead atoms. The lowest BCUT2D eigenvalue weighted by atomic mass is 10.0. The summed E-state index contributed by atoms with van der Waals surface area (Å²) in [5.41, 5.74) is 0.776. The van der Waals surface area contributed by atoms with Gasteiger partial charge in [0.2, 0.25) is 0 Å². The van der Waals surface area contributed by atoms with Crippen LogP contribution >= 0.6 is 0 Å². The molecule has 5 heteroatoms. The standard InChI is InChI=1S/C12H14O5/c1-12(16-5-6-17-12)8-3-4-10(13)9(7-8)11(14)15-2/h3-4,7,13H,5-6H2,1-2H3. The molecule has 1 aromatic carbocycles. The molecule has 1 saturated heterocycles. The first-order valence-electron chi connectivity index (χ1n) is 5.26. The van der Waals surface area contributed by atoms with E-state index < -0.39 is 11.8 Å². The molecule has 1 aliphatic heterocycles. The quantitative estimate of drug-likeness (QED) is 0.789. The first kappa shape index (κ1) is 11.9. The highest BCUT2D eigenvalue weighted by molar-refractivity contribution is 5.92. The van der Waals surface area contributed by atoms with Gasteiger partial charge in [-0.3, -0.25) is 0 Å². The predicted octanol–water partition coefficient (Wildman–Crippen LogP) is 1.40. The zero-order valence-electron chi connectivity index (χ0n) is 9.73. The molecule has 2 rings (SSSR count). The summed E-state index contributed by atoms with van der Waals surface area (Å²) >= 11 is 0. The zero-order chi connectivity index (χ0) is 12.5. The van der Waals surface area contributed by atoms with E-state index >= 15 is 0 Å². The second-order valence-corrected chi connectivity index (χ2v) is 3.87. The molecule has 0 aromatic heterocycles. The van der Waals surface area contributed by atoms with Crippen LogP contribution in [-0.4, -0.2) is 31.4 Å². The topological polar surface area (TPSA) is 65.0 Å². The Morgan fingerprint density at radius 3 is 2.65 bits per heavy atom. The lowest BCUT2D eigenvalue weighted by Crippen LogP contribution is -2.22. The van der Waals surface area contributed by atoms with Crippen LogP contribution < -0.4 is 0 Å². The van der Waals surface area contributed by atoms with Crippen molar-refractivity contribution in [3.63, 3.8) is 0 Å². The van der Waals surface area contributed by atoms with E-state index in [0.717, 1.165) is 0 Å². The molecule has 5 nitrogen and oxygen atoms in total. The summed E-state index contributed by atoms with van der Waals surface area (Å²) in [5, 5.41) is 9.58. The monoisotopic (exact) mass is 238 g/mol. The fraction of sp³-hybridized carbons (Fsp3) is 0.417. The third kappa shape index (κ3) is 2.11. The number of ether oxygens (including phenoxy) is 3. The Morgan fingerprint density at radius 1 is 1.41 bits per heavy atom. The minimum atomic E-state index is -0.865. The summed E-state index contributed by atoms with van der Waals surface area (Å²) in [5.74, 6) is -1.58. The van der Waals surface area contributed by atoms with Crippen LogP contribution in [0.1, 0.15) is 22.8 Å². The molecule has 1 aromatic rings. The van der Waals surface area contributed by atoms with E-state index in [1.165, 1.54) is 19.2 Å². The van der Waals surface area contributed by atoms with Crippen LogP contribution in [0.4, 0.5) is 0 Å². The van der Waals surface area contributed by atoms with Crippen molar-refractivity contribution in [2.75, 3.05) is 20.3 Å². The number of hydrogen-bond acceptors (Lipinski definition) is 5. The summed E-state index contributed by atoms with van der Waals surface area (Å²) in [6, 6.07) is 4.61. The maximum absolute atomic E-state index is 11.4. The van der Waals surface area contributed by atoms with Crippen LogP contribution in [0.5, 0.6) is 5.75 Å². The Morgan fingerprint density at radius 2 is 2.06 bits per heavy atom. The molecule has 0 radical (unpaired) electrons. The Hall–Kier alpha value is -1.59. The number of carbonyl (C=O) groups excluding carboxylic acids is 1. The van der Waals surface area contributed by atoms with Crippen molar-refractivity contribution in [2.45, 2.75) is 12.7 Å². The van der Waals surface area contributed by atoms with Gasteiger partial charge in [-0.25, -0.2) is 4.79 Å². The van der Waals surface area contributed by atoms with E-state index in [9.17, 15) is 9.90 Å². The van der Waals surface area contributed by atoms with Crippen LogP contribution in [0.2, 0.25) is 0 Å². The molecule has 1 N–H and O–H groups in total. The third-order valence-corrected chi connectivity index (χ3v) is 2.76. The fourth-order valence-electron chi connectivity index (χ4n) is 1.77. The first-order valence-corrected chi connectivity index (χ1v) is 5.26. The average molecular weight is 238 g/mol. The molecule has 0 unspecified atom stereocenters. The molecular weight excluding hydrogens is 224 g/mol. The Bertz CT molecular complexity index is 435. The van der Waals surface area contributed by atoms with Crippen molar-refractivity contribution in [3.05, 3.63) is 29.3 Å². The maximum atomic E-state index is 11.4. The number of methoxy groups -OCH3 is 1. The van der Waals surface area contributed by atoms with Gasteiger partial charge in [0.1, 0.15) is 11.3 Å². The number of benzene rings is 1. The molecule has 0 spiro atoms. The largest absolute Gasteiger partial charge is 0.507 e. The van der Waals surface area contributed by atoms with Gasteiger partial charge in [-0.15, -0.1) is 0 Å². The summed E-state index contributed by atoms with van der Waals surface area (Å²) in [6.07, 6.45) is 0. The highest BCUT2D eigenvalue weighted by Gasteiger charge is 2.34. The van der Waals surface area contributed by atoms with Crippen molar-refractivity contribution < 1.29 is 24.1 Å². The van der Waals surface area contributed by atoms with Gasteiger partial charge < -0.3 is 19.3 Å². The van der Waals surface area contributed by atoms with E-state index in [-0.39, 0.29) is 11.3 Å². The van der Waals surface area contributed by atoms with Crippen LogP contribution in [0.3, 0.4) is 0 Å². The zero-order valence-corrected chi connectivity index (χ0v) is 9.73. The van der Waals surface area contributed by atoms with Gasteiger partial charge in [-0.05, 0) is 25.1 Å². The number of phenolic OH excluding ortho intramolecular Hbond substituents is 1. The predicted molar refractivity (Wildman–Crippen MR) is 58.7 cm³/mol. The summed E-state index contributed by atoms with van der Waals surface area (Å²) in [7, 11) is 1.26. The van der Waals surface area contributed by atoms with Gasteiger partial charge in [-0.2, -0.15) is 0 Å². The molecule has 0 atom stereocenters. The molecule has 1 fully saturated rings. The van der Waals surface area contributed by atoms with Gasteiger partial charge in [0.15, 0.2) is 5.79 Å². The summed E-state index contributed by atoms with van der Waals surface area (Å²) < 4.78 is 15.5. The smallest absolute Gasteiger partial charge is 0.341 e. The number of carbonyl (C=O) groups is 1. The SMILES string of the molecule is COC(=O)c1cc(C2(C)OCCO2)ccc1O. The van der Waals surface area contributed by atoms with E-state index in [2.05, 4.69) is 4.74 Å². The number of hydrogen-bond donors (Lipinski definition) is 1. The molecule has 1 heterocycles. The van der Waals surface area contributed by atoms with E-state index in [1.807, 2.05) is 0 Å². The van der Waals surface area contributed by atoms with Gasteiger partial charge in [0.25, 0.3) is 0 Å². The molecule has 0 amide bonds. The van der Waals surface area contributed by atoms with Gasteiger partial charge in [-0.1, -0.05) is 0 Å². The lowest BCUT2D eigenvalue weighted by Gasteiger charge is -2.23. The van der Waals surface area contributed by atoms with Gasteiger partial charge >= 0.3 is 5.97 Å². The van der Waals surface area contributed by atoms with E-state index in [0.29, 0.717) is 18.8 Å². The Balaban J connectivity index is 2.40. The molecule has 0 saturated carbocycles. The number of esters is 1. The maximum Gasteiger partial charge on any atom is 0.341 e. The minimum absolute atomic E-state index is 0.102. The number of rotatable bonds is 2. The lowest BCUT2D eigenvalue weighted by molar-refractivity contribution is -0.149. The summed E-state index contributed by atoms with van der Waals surface area (Å²) in [6.45, 7) is 2.78. The average Bonchev–Trinajstić information content (AvgIpc) is 2.77. The van der Waals surface area contributed by atoms with Crippen molar-refractivity contribution in [1.82, 2.24) is 0 Å². The van der Waals surface area contributed by atoms with Crippen LogP contribution in [-0.2, 0) is 20.0 Å². The van der Waals surface area contributed by atoms with Crippen molar-refractivity contribution >= 4 is 5.97 Å². The van der Waals surface area contributed by atoms with Crippen molar-refractivity contribution in [2.24, 2.45) is 0 Å². The highest BCUT2D eigenvalue weighted by atomic mass is 16.7. The summed E-state index contributed by atoms with van der Waals surface area (Å²) in [4.78, 5) is 11.4. The second-order valence-electron chi connectivity index (χ2n) is 3.87. The molecule has 1 aliphatic rings. The van der Waals surface area contributed by atoms with E-state index in [4.69, 9.17) is 9.47 Å². The Kier molecular flexibility index (Phi) is 3.04. The van der Waals surface area contributed by atoms with Crippen molar-refractivity contribution in [1.29, 1.82) is 0 Å². The van der Waals surface area contributed by atoms with Crippen LogP contribution in [0, 0.1) is 0 Å². The first-order chi connectivity index (χ1) is 8.07. The number of aromatic hydroxyl groups is 1.